The van der Waals surface area contributed by atoms with E-state index in [0.29, 0.717) is 5.75 Å². The van der Waals surface area contributed by atoms with Crippen LogP contribution >= 0.6 is 11.8 Å². The number of Topliss-reactive ketones (excluding diaryl/α,β-unsaturated/α-hetero) is 1. The van der Waals surface area contributed by atoms with Gasteiger partial charge in [-0.2, -0.15) is 0 Å². The fourth-order valence-electron chi connectivity index (χ4n) is 3.03. The number of hydrogen-bond acceptors (Lipinski definition) is 4. The van der Waals surface area contributed by atoms with Crippen LogP contribution in [0.25, 0.3) is 5.69 Å². The van der Waals surface area contributed by atoms with Gasteiger partial charge in [0.1, 0.15) is 6.33 Å². The molecule has 1 heterocycles. The molecule has 0 saturated carbocycles. The molecule has 5 heteroatoms. The predicted molar refractivity (Wildman–Crippen MR) is 107 cm³/mol. The van der Waals surface area contributed by atoms with Gasteiger partial charge in [0.15, 0.2) is 10.9 Å². The minimum atomic E-state index is 0.123. The normalized spacial score (nSPS) is 11.0. The van der Waals surface area contributed by atoms with E-state index in [9.17, 15) is 4.79 Å². The Morgan fingerprint density at radius 3 is 2.46 bits per heavy atom. The molecule has 0 aliphatic rings. The molecule has 0 aliphatic carbocycles. The monoisotopic (exact) mass is 365 g/mol. The van der Waals surface area contributed by atoms with Crippen LogP contribution in [0.5, 0.6) is 0 Å². The van der Waals surface area contributed by atoms with E-state index < -0.39 is 0 Å². The summed E-state index contributed by atoms with van der Waals surface area (Å²) in [5.41, 5.74) is 7.66. The van der Waals surface area contributed by atoms with E-state index in [1.54, 1.807) is 6.33 Å². The second-order valence-corrected chi connectivity index (χ2v) is 7.54. The second-order valence-electron chi connectivity index (χ2n) is 6.60. The van der Waals surface area contributed by atoms with Crippen LogP contribution in [-0.2, 0) is 0 Å². The van der Waals surface area contributed by atoms with Crippen molar-refractivity contribution in [2.75, 3.05) is 5.75 Å². The van der Waals surface area contributed by atoms with Crippen molar-refractivity contribution in [3.05, 3.63) is 70.0 Å². The number of thioether (sulfide) groups is 1. The number of aromatic nitrogens is 3. The maximum Gasteiger partial charge on any atom is 0.196 e. The molecule has 0 spiro atoms. The van der Waals surface area contributed by atoms with Crippen molar-refractivity contribution in [2.24, 2.45) is 0 Å². The Bertz CT molecular complexity index is 975. The Hall–Kier alpha value is -2.40. The van der Waals surface area contributed by atoms with Gasteiger partial charge in [-0.25, -0.2) is 0 Å². The summed E-state index contributed by atoms with van der Waals surface area (Å²) in [6.45, 7) is 10.3. The highest BCUT2D eigenvalue weighted by atomic mass is 32.2. The van der Waals surface area contributed by atoms with E-state index >= 15 is 0 Å². The molecule has 4 nitrogen and oxygen atoms in total. The standard InChI is InChI=1S/C21H23N3OS/c1-13-8-6-7-9-19(13)24-12-22-23-21(24)26-11-20(25)18-10-14(2)15(3)16(4)17(18)5/h6-10,12H,11H2,1-5H3. The van der Waals surface area contributed by atoms with Crippen LogP contribution in [0.2, 0.25) is 0 Å². The Morgan fingerprint density at radius 1 is 1.00 bits per heavy atom. The zero-order valence-electron chi connectivity index (χ0n) is 15.8. The number of carbonyl (C=O) groups is 1. The molecule has 0 fully saturated rings. The van der Waals surface area contributed by atoms with Crippen LogP contribution in [0, 0.1) is 34.6 Å². The van der Waals surface area contributed by atoms with E-state index in [-0.39, 0.29) is 5.78 Å². The Labute approximate surface area is 158 Å². The third kappa shape index (κ3) is 3.44. The molecule has 3 rings (SSSR count). The van der Waals surface area contributed by atoms with Gasteiger partial charge in [-0.3, -0.25) is 9.36 Å². The molecule has 0 unspecified atom stereocenters. The van der Waals surface area contributed by atoms with E-state index in [1.165, 1.54) is 22.9 Å². The van der Waals surface area contributed by atoms with Crippen molar-refractivity contribution in [2.45, 2.75) is 39.8 Å². The highest BCUT2D eigenvalue weighted by Crippen LogP contribution is 2.25. The van der Waals surface area contributed by atoms with E-state index in [2.05, 4.69) is 44.0 Å². The van der Waals surface area contributed by atoms with Gasteiger partial charge >= 0.3 is 0 Å². The molecule has 2 aromatic carbocycles. The van der Waals surface area contributed by atoms with Gasteiger partial charge in [0.2, 0.25) is 0 Å². The Morgan fingerprint density at radius 2 is 1.73 bits per heavy atom. The van der Waals surface area contributed by atoms with Crippen molar-refractivity contribution in [3.63, 3.8) is 0 Å². The van der Waals surface area contributed by atoms with Gasteiger partial charge in [0, 0.05) is 5.56 Å². The molecule has 0 radical (unpaired) electrons. The largest absolute Gasteiger partial charge is 0.293 e. The minimum Gasteiger partial charge on any atom is -0.293 e. The third-order valence-corrected chi connectivity index (χ3v) is 5.95. The van der Waals surface area contributed by atoms with Crippen LogP contribution in [-0.4, -0.2) is 26.3 Å². The second kappa shape index (κ2) is 7.46. The summed E-state index contributed by atoms with van der Waals surface area (Å²) < 4.78 is 1.94. The summed E-state index contributed by atoms with van der Waals surface area (Å²) in [4.78, 5) is 12.8. The smallest absolute Gasteiger partial charge is 0.196 e. The van der Waals surface area contributed by atoms with Gasteiger partial charge in [-0.15, -0.1) is 10.2 Å². The van der Waals surface area contributed by atoms with Crippen molar-refractivity contribution in [1.82, 2.24) is 14.8 Å². The lowest BCUT2D eigenvalue weighted by molar-refractivity contribution is 0.102. The molecule has 3 aromatic rings. The summed E-state index contributed by atoms with van der Waals surface area (Å²) in [7, 11) is 0. The van der Waals surface area contributed by atoms with Crippen LogP contribution < -0.4 is 0 Å². The number of para-hydroxylation sites is 1. The first-order chi connectivity index (χ1) is 12.4. The maximum atomic E-state index is 12.8. The van der Waals surface area contributed by atoms with Crippen molar-refractivity contribution in [1.29, 1.82) is 0 Å². The lowest BCUT2D eigenvalue weighted by atomic mass is 9.93. The van der Waals surface area contributed by atoms with Gasteiger partial charge in [-0.1, -0.05) is 30.0 Å². The lowest BCUT2D eigenvalue weighted by Gasteiger charge is -2.13. The lowest BCUT2D eigenvalue weighted by Crippen LogP contribution is -2.09. The quantitative estimate of drug-likeness (QED) is 0.482. The molecule has 0 saturated heterocycles. The molecule has 0 atom stereocenters. The van der Waals surface area contributed by atoms with Gasteiger partial charge < -0.3 is 0 Å². The van der Waals surface area contributed by atoms with Gasteiger partial charge in [-0.05, 0) is 74.6 Å². The summed E-state index contributed by atoms with van der Waals surface area (Å²) >= 11 is 1.42. The first-order valence-electron chi connectivity index (χ1n) is 8.59. The SMILES string of the molecule is Cc1ccccc1-n1cnnc1SCC(=O)c1cc(C)c(C)c(C)c1C. The number of aryl methyl sites for hydroxylation is 2. The van der Waals surface area contributed by atoms with E-state index in [0.717, 1.165) is 33.1 Å². The average Bonchev–Trinajstić information content (AvgIpc) is 3.09. The fourth-order valence-corrected chi connectivity index (χ4v) is 3.84. The number of hydrogen-bond donors (Lipinski definition) is 0. The highest BCUT2D eigenvalue weighted by Gasteiger charge is 2.16. The molecular weight excluding hydrogens is 342 g/mol. The molecule has 0 aliphatic heterocycles. The fraction of sp³-hybridized carbons (Fsp3) is 0.286. The molecule has 0 N–H and O–H groups in total. The topological polar surface area (TPSA) is 47.8 Å². The van der Waals surface area contributed by atoms with Crippen molar-refractivity contribution in [3.8, 4) is 5.69 Å². The molecule has 0 amide bonds. The van der Waals surface area contributed by atoms with Crippen LogP contribution in [0.15, 0.2) is 41.8 Å². The zero-order chi connectivity index (χ0) is 18.8. The number of rotatable bonds is 5. The van der Waals surface area contributed by atoms with Gasteiger partial charge in [0.25, 0.3) is 0 Å². The summed E-state index contributed by atoms with van der Waals surface area (Å²) in [5.74, 6) is 0.464. The van der Waals surface area contributed by atoms with E-state index in [4.69, 9.17) is 0 Å². The summed E-state index contributed by atoms with van der Waals surface area (Å²) in [6, 6.07) is 10.1. The third-order valence-electron chi connectivity index (χ3n) is 5.01. The van der Waals surface area contributed by atoms with Crippen LogP contribution in [0.3, 0.4) is 0 Å². The maximum absolute atomic E-state index is 12.8. The highest BCUT2D eigenvalue weighted by molar-refractivity contribution is 7.99. The summed E-state index contributed by atoms with van der Waals surface area (Å²) in [6.07, 6.45) is 1.70. The number of carbonyl (C=O) groups excluding carboxylic acids is 1. The van der Waals surface area contributed by atoms with Crippen molar-refractivity contribution >= 4 is 17.5 Å². The Kier molecular flexibility index (Phi) is 5.28. The number of nitrogens with zero attached hydrogens (tertiary/aromatic N) is 3. The van der Waals surface area contributed by atoms with Crippen molar-refractivity contribution < 1.29 is 4.79 Å². The minimum absolute atomic E-state index is 0.123. The first kappa shape index (κ1) is 18.4. The molecule has 0 bridgehead atoms. The van der Waals surface area contributed by atoms with Gasteiger partial charge in [0.05, 0.1) is 11.4 Å². The first-order valence-corrected chi connectivity index (χ1v) is 9.58. The molecule has 26 heavy (non-hydrogen) atoms. The average molecular weight is 366 g/mol. The van der Waals surface area contributed by atoms with E-state index in [1.807, 2.05) is 35.8 Å². The molecular formula is C21H23N3OS. The molecule has 1 aromatic heterocycles. The van der Waals surface area contributed by atoms with Crippen LogP contribution in [0.4, 0.5) is 0 Å². The predicted octanol–water partition coefficient (Wildman–Crippen LogP) is 4.78. The zero-order valence-corrected chi connectivity index (χ0v) is 16.6. The Balaban J connectivity index is 1.82. The number of ketones is 1. The number of benzene rings is 2. The summed E-state index contributed by atoms with van der Waals surface area (Å²) in [5, 5.41) is 8.95. The molecule has 134 valence electrons. The van der Waals surface area contributed by atoms with Crippen LogP contribution in [0.1, 0.15) is 38.2 Å².